The maximum atomic E-state index is 12.6. The molecule has 1 amide bonds. The highest BCUT2D eigenvalue weighted by atomic mass is 16.5. The number of carboxylic acid groups (broad SMARTS) is 1. The Balaban J connectivity index is 1.47. The summed E-state index contributed by atoms with van der Waals surface area (Å²) in [6, 6.07) is 8.76. The number of fused-ring (bicyclic) bond motifs is 2. The van der Waals surface area contributed by atoms with Gasteiger partial charge in [-0.2, -0.15) is 0 Å². The second-order valence-electron chi connectivity index (χ2n) is 8.06. The Morgan fingerprint density at radius 3 is 2.71 bits per heavy atom. The van der Waals surface area contributed by atoms with Crippen molar-refractivity contribution < 1.29 is 29.0 Å². The van der Waals surface area contributed by atoms with Gasteiger partial charge in [-0.25, -0.2) is 9.59 Å². The summed E-state index contributed by atoms with van der Waals surface area (Å²) >= 11 is 0. The molecule has 0 saturated carbocycles. The number of amides is 1. The molecule has 0 bridgehead atoms. The highest BCUT2D eigenvalue weighted by Crippen LogP contribution is 2.25. The van der Waals surface area contributed by atoms with Crippen LogP contribution in [0.5, 0.6) is 11.5 Å². The number of aryl methyl sites for hydroxylation is 1. The number of benzene rings is 2. The van der Waals surface area contributed by atoms with E-state index in [1.54, 1.807) is 43.5 Å². The van der Waals surface area contributed by atoms with Crippen molar-refractivity contribution in [1.29, 1.82) is 0 Å². The summed E-state index contributed by atoms with van der Waals surface area (Å²) in [4.78, 5) is 39.9. The van der Waals surface area contributed by atoms with Crippen LogP contribution in [0.1, 0.15) is 23.1 Å². The molecular weight excluding hydrogens is 440 g/mol. The first-order valence-corrected chi connectivity index (χ1v) is 10.7. The number of carbonyl (C=O) groups excluding carboxylic acids is 1. The number of aromatic nitrogens is 1. The van der Waals surface area contributed by atoms with Gasteiger partial charge >= 0.3 is 11.6 Å². The molecule has 2 aromatic heterocycles. The van der Waals surface area contributed by atoms with Gasteiger partial charge < -0.3 is 29.7 Å². The van der Waals surface area contributed by atoms with Crippen molar-refractivity contribution >= 4 is 33.7 Å². The van der Waals surface area contributed by atoms with E-state index in [1.165, 1.54) is 13.2 Å². The number of carboxylic acids is 1. The molecule has 4 rings (SSSR count). The lowest BCUT2D eigenvalue weighted by atomic mass is 10.0. The Morgan fingerprint density at radius 1 is 1.18 bits per heavy atom. The molecule has 0 aliphatic heterocycles. The normalized spacial score (nSPS) is 12.1. The fourth-order valence-electron chi connectivity index (χ4n) is 4.05. The Kier molecular flexibility index (Phi) is 6.27. The largest absolute Gasteiger partial charge is 0.508 e. The van der Waals surface area contributed by atoms with E-state index < -0.39 is 23.5 Å². The van der Waals surface area contributed by atoms with Gasteiger partial charge in [-0.1, -0.05) is 0 Å². The third-order valence-electron chi connectivity index (χ3n) is 5.90. The van der Waals surface area contributed by atoms with Crippen LogP contribution in [0.4, 0.5) is 0 Å². The van der Waals surface area contributed by atoms with Gasteiger partial charge in [-0.3, -0.25) is 4.79 Å². The number of hydrogen-bond acceptors (Lipinski definition) is 6. The van der Waals surface area contributed by atoms with E-state index in [-0.39, 0.29) is 25.0 Å². The van der Waals surface area contributed by atoms with Gasteiger partial charge in [0.05, 0.1) is 7.11 Å². The van der Waals surface area contributed by atoms with Crippen LogP contribution in [0, 0.1) is 6.92 Å². The number of hydrogen-bond donors (Lipinski definition) is 4. The van der Waals surface area contributed by atoms with E-state index in [1.807, 2.05) is 0 Å². The highest BCUT2D eigenvalue weighted by Gasteiger charge is 2.23. The van der Waals surface area contributed by atoms with Gasteiger partial charge in [-0.15, -0.1) is 0 Å². The third-order valence-corrected chi connectivity index (χ3v) is 5.90. The molecule has 0 spiro atoms. The molecule has 4 aromatic rings. The minimum atomic E-state index is -1.18. The molecule has 1 atom stereocenters. The SMILES string of the molecule is COc1ccc2c(C)c(CCC(=O)N[C@H](Cc3c[nH]c4ccc(O)cc34)C(=O)O)c(=O)oc2c1. The van der Waals surface area contributed by atoms with E-state index in [0.717, 1.165) is 10.9 Å². The quantitative estimate of drug-likeness (QED) is 0.294. The number of phenolic OH excluding ortho intramolecular Hbond substituents is 1. The third kappa shape index (κ3) is 4.59. The molecule has 0 saturated heterocycles. The zero-order valence-corrected chi connectivity index (χ0v) is 18.7. The zero-order valence-electron chi connectivity index (χ0n) is 18.7. The average molecular weight is 464 g/mol. The summed E-state index contributed by atoms with van der Waals surface area (Å²) in [6.45, 7) is 1.78. The van der Waals surface area contributed by atoms with E-state index in [9.17, 15) is 24.6 Å². The molecule has 4 N–H and O–H groups in total. The van der Waals surface area contributed by atoms with Crippen molar-refractivity contribution in [2.45, 2.75) is 32.2 Å². The molecule has 0 aliphatic carbocycles. The van der Waals surface area contributed by atoms with Crippen molar-refractivity contribution in [3.05, 3.63) is 69.7 Å². The maximum absolute atomic E-state index is 12.6. The minimum absolute atomic E-state index is 0.0313. The topological polar surface area (TPSA) is 142 Å². The predicted molar refractivity (Wildman–Crippen MR) is 125 cm³/mol. The standard InChI is InChI=1S/C25H24N2O7/c1-13-17-5-4-16(33-2)11-22(17)34-25(32)18(13)6-8-23(29)27-21(24(30)31)9-14-12-26-20-7-3-15(28)10-19(14)20/h3-5,7,10-12,21,26,28H,6,8-9H2,1-2H3,(H,27,29)(H,30,31)/t21-/m1/s1. The number of methoxy groups -OCH3 is 1. The van der Waals surface area contributed by atoms with Crippen LogP contribution in [0.3, 0.4) is 0 Å². The Labute approximate surface area is 194 Å². The molecule has 2 aromatic carbocycles. The molecule has 0 aliphatic rings. The van der Waals surface area contributed by atoms with Crippen LogP contribution in [0.15, 0.2) is 51.8 Å². The number of aliphatic carboxylic acids is 1. The molecule has 0 unspecified atom stereocenters. The molecule has 9 heteroatoms. The van der Waals surface area contributed by atoms with E-state index >= 15 is 0 Å². The summed E-state index contributed by atoms with van der Waals surface area (Å²) in [5, 5.41) is 23.3. The lowest BCUT2D eigenvalue weighted by Gasteiger charge is -2.15. The van der Waals surface area contributed by atoms with Crippen LogP contribution in [-0.2, 0) is 22.4 Å². The summed E-state index contributed by atoms with van der Waals surface area (Å²) in [7, 11) is 1.52. The Bertz CT molecular complexity index is 1450. The maximum Gasteiger partial charge on any atom is 0.339 e. The number of nitrogens with one attached hydrogen (secondary N) is 2. The van der Waals surface area contributed by atoms with Crippen LogP contribution in [0.2, 0.25) is 0 Å². The number of phenols is 1. The summed E-state index contributed by atoms with van der Waals surface area (Å²) in [5.74, 6) is -1.05. The molecule has 34 heavy (non-hydrogen) atoms. The Hall–Kier alpha value is -4.27. The molecule has 2 heterocycles. The smallest absolute Gasteiger partial charge is 0.339 e. The van der Waals surface area contributed by atoms with Gasteiger partial charge in [0, 0.05) is 47.0 Å². The van der Waals surface area contributed by atoms with Crippen LogP contribution in [-0.4, -0.2) is 40.2 Å². The molecule has 9 nitrogen and oxygen atoms in total. The summed E-state index contributed by atoms with van der Waals surface area (Å²) in [5.41, 5.74) is 2.33. The zero-order chi connectivity index (χ0) is 24.4. The first-order valence-electron chi connectivity index (χ1n) is 10.7. The number of carbonyl (C=O) groups is 2. The number of H-pyrrole nitrogens is 1. The lowest BCUT2D eigenvalue weighted by molar-refractivity contribution is -0.141. The van der Waals surface area contributed by atoms with E-state index in [4.69, 9.17) is 9.15 Å². The number of aromatic hydroxyl groups is 1. The van der Waals surface area contributed by atoms with Crippen molar-refractivity contribution in [3.8, 4) is 11.5 Å². The molecular formula is C25H24N2O7. The van der Waals surface area contributed by atoms with Crippen molar-refractivity contribution in [3.63, 3.8) is 0 Å². The predicted octanol–water partition coefficient (Wildman–Crippen LogP) is 3.04. The van der Waals surface area contributed by atoms with E-state index in [0.29, 0.717) is 33.4 Å². The summed E-state index contributed by atoms with van der Waals surface area (Å²) < 4.78 is 10.6. The number of rotatable bonds is 8. The molecule has 176 valence electrons. The lowest BCUT2D eigenvalue weighted by Crippen LogP contribution is -2.42. The van der Waals surface area contributed by atoms with Crippen LogP contribution in [0.25, 0.3) is 21.9 Å². The fourth-order valence-corrected chi connectivity index (χ4v) is 4.05. The van der Waals surface area contributed by atoms with Crippen molar-refractivity contribution in [2.75, 3.05) is 7.11 Å². The Morgan fingerprint density at radius 2 is 1.97 bits per heavy atom. The first kappa shape index (κ1) is 22.9. The van der Waals surface area contributed by atoms with Gasteiger partial charge in [-0.05, 0) is 54.8 Å². The van der Waals surface area contributed by atoms with Crippen molar-refractivity contribution in [2.24, 2.45) is 0 Å². The minimum Gasteiger partial charge on any atom is -0.508 e. The molecule has 0 fully saturated rings. The fraction of sp³-hybridized carbons (Fsp3) is 0.240. The van der Waals surface area contributed by atoms with Crippen LogP contribution < -0.4 is 15.7 Å². The van der Waals surface area contributed by atoms with Crippen molar-refractivity contribution in [1.82, 2.24) is 10.3 Å². The van der Waals surface area contributed by atoms with Gasteiger partial charge in [0.2, 0.25) is 5.91 Å². The van der Waals surface area contributed by atoms with Gasteiger partial charge in [0.25, 0.3) is 0 Å². The second kappa shape index (κ2) is 9.30. The monoisotopic (exact) mass is 464 g/mol. The summed E-state index contributed by atoms with van der Waals surface area (Å²) in [6.07, 6.45) is 1.72. The first-order chi connectivity index (χ1) is 16.3. The van der Waals surface area contributed by atoms with Gasteiger partial charge in [0.1, 0.15) is 23.1 Å². The average Bonchev–Trinajstić information content (AvgIpc) is 3.19. The van der Waals surface area contributed by atoms with E-state index in [2.05, 4.69) is 10.3 Å². The number of ether oxygens (including phenoxy) is 1. The highest BCUT2D eigenvalue weighted by molar-refractivity contribution is 5.88. The number of aromatic amines is 1. The molecule has 0 radical (unpaired) electrons. The van der Waals surface area contributed by atoms with Crippen LogP contribution >= 0.6 is 0 Å². The van der Waals surface area contributed by atoms with Gasteiger partial charge in [0.15, 0.2) is 0 Å². The second-order valence-corrected chi connectivity index (χ2v) is 8.06.